The van der Waals surface area contributed by atoms with Gasteiger partial charge in [-0.2, -0.15) is 0 Å². The number of nitrogens with zero attached hydrogens (tertiary/aromatic N) is 2. The van der Waals surface area contributed by atoms with E-state index in [0.29, 0.717) is 11.3 Å². The minimum Gasteiger partial charge on any atom is -0.503 e. The Morgan fingerprint density at radius 3 is 2.22 bits per heavy atom. The monoisotopic (exact) mass is 765 g/mol. The van der Waals surface area contributed by atoms with Crippen LogP contribution in [-0.2, 0) is 26.5 Å². The van der Waals surface area contributed by atoms with E-state index in [9.17, 15) is 0 Å². The van der Waals surface area contributed by atoms with E-state index >= 15 is 0 Å². The molecule has 2 aromatic heterocycles. The van der Waals surface area contributed by atoms with E-state index in [2.05, 4.69) is 34.2 Å². The van der Waals surface area contributed by atoms with Crippen LogP contribution in [0.3, 0.4) is 0 Å². The van der Waals surface area contributed by atoms with Crippen molar-refractivity contribution in [3.63, 3.8) is 0 Å². The smallest absolute Gasteiger partial charge is 0.241 e. The maximum Gasteiger partial charge on any atom is 0.241 e. The Kier molecular flexibility index (Phi) is 7.99. The summed E-state index contributed by atoms with van der Waals surface area (Å²) in [7, 11) is 0. The summed E-state index contributed by atoms with van der Waals surface area (Å²) in [5.41, 5.74) is 6.67. The first-order chi connectivity index (χ1) is 22.2. The topological polar surface area (TPSA) is 44.2 Å². The van der Waals surface area contributed by atoms with Gasteiger partial charge in [0.1, 0.15) is 17.2 Å². The number of benzene rings is 4. The second-order valence-electron chi connectivity index (χ2n) is 11.8. The number of pyridine rings is 2. The van der Waals surface area contributed by atoms with Gasteiger partial charge < -0.3 is 19.4 Å². The van der Waals surface area contributed by atoms with Crippen molar-refractivity contribution in [2.24, 2.45) is 5.41 Å². The van der Waals surface area contributed by atoms with Gasteiger partial charge in [0.2, 0.25) is 6.71 Å². The van der Waals surface area contributed by atoms with E-state index in [4.69, 9.17) is 12.2 Å². The zero-order chi connectivity index (χ0) is 31.9. The van der Waals surface area contributed by atoms with Crippen LogP contribution in [0.25, 0.3) is 22.5 Å². The van der Waals surface area contributed by atoms with E-state index in [-0.39, 0.29) is 26.8 Å². The zero-order valence-corrected chi connectivity index (χ0v) is 27.6. The summed E-state index contributed by atoms with van der Waals surface area (Å²) in [6.45, 7) is 5.68. The predicted molar refractivity (Wildman–Crippen MR) is 178 cm³/mol. The molecular formula is C39H31BIrN2O2-2. The van der Waals surface area contributed by atoms with E-state index in [1.807, 2.05) is 118 Å². The predicted octanol–water partition coefficient (Wildman–Crippen LogP) is 7.41. The Hall–Kier alpha value is -4.51. The molecule has 4 aromatic carbocycles. The molecule has 4 heterocycles. The average Bonchev–Trinajstić information content (AvgIpc) is 3.08. The molecule has 2 aliphatic rings. The van der Waals surface area contributed by atoms with Gasteiger partial charge in [0.25, 0.3) is 0 Å². The Morgan fingerprint density at radius 2 is 1.49 bits per heavy atom. The molecular weight excluding hydrogens is 731 g/mol. The maximum atomic E-state index is 8.56. The average molecular weight is 765 g/mol. The first kappa shape index (κ1) is 28.0. The van der Waals surface area contributed by atoms with Crippen molar-refractivity contribution in [3.8, 4) is 45.5 Å². The molecule has 223 valence electrons. The molecule has 0 atom stereocenters. The Morgan fingerprint density at radius 1 is 0.711 bits per heavy atom. The van der Waals surface area contributed by atoms with Crippen LogP contribution in [0.5, 0.6) is 23.0 Å². The van der Waals surface area contributed by atoms with Crippen LogP contribution < -0.4 is 25.9 Å². The minimum atomic E-state index is -1.50. The van der Waals surface area contributed by atoms with Gasteiger partial charge in [0, 0.05) is 46.5 Å². The van der Waals surface area contributed by atoms with E-state index < -0.39 is 11.8 Å². The van der Waals surface area contributed by atoms with Crippen LogP contribution in [-0.4, -0.2) is 16.7 Å². The van der Waals surface area contributed by atoms with Gasteiger partial charge in [0.05, 0.1) is 0 Å². The van der Waals surface area contributed by atoms with E-state index in [0.717, 1.165) is 56.2 Å². The summed E-state index contributed by atoms with van der Waals surface area (Å²) in [5, 5.41) is 0. The molecule has 6 heteroatoms. The van der Waals surface area contributed by atoms with Gasteiger partial charge >= 0.3 is 0 Å². The summed E-state index contributed by atoms with van der Waals surface area (Å²) in [6, 6.07) is 41.8. The molecule has 0 unspecified atom stereocenters. The molecule has 6 aromatic rings. The van der Waals surface area contributed by atoms with Crippen LogP contribution in [0, 0.1) is 17.5 Å². The summed E-state index contributed by atoms with van der Waals surface area (Å²) < 4.78 is 29.8. The molecule has 2 aliphatic heterocycles. The van der Waals surface area contributed by atoms with Gasteiger partial charge in [-0.15, -0.1) is 59.6 Å². The van der Waals surface area contributed by atoms with Crippen LogP contribution in [0.1, 0.15) is 29.1 Å². The van der Waals surface area contributed by atoms with Crippen LogP contribution >= 0.6 is 0 Å². The van der Waals surface area contributed by atoms with Crippen molar-refractivity contribution in [2.75, 3.05) is 0 Å². The Labute approximate surface area is 281 Å². The third-order valence-corrected chi connectivity index (χ3v) is 7.46. The fraction of sp³-hybridized carbons (Fsp3) is 0.128. The van der Waals surface area contributed by atoms with E-state index in [1.165, 1.54) is 0 Å². The quantitative estimate of drug-likeness (QED) is 0.139. The number of rotatable bonds is 3. The maximum absolute atomic E-state index is 8.56. The molecule has 0 aliphatic carbocycles. The number of aromatic nitrogens is 2. The van der Waals surface area contributed by atoms with Crippen molar-refractivity contribution in [1.82, 2.24) is 9.97 Å². The molecule has 0 N–H and O–H groups in total. The third-order valence-electron chi connectivity index (χ3n) is 7.46. The fourth-order valence-electron chi connectivity index (χ4n) is 5.66. The van der Waals surface area contributed by atoms with Crippen molar-refractivity contribution in [2.45, 2.75) is 27.1 Å². The van der Waals surface area contributed by atoms with Crippen molar-refractivity contribution in [3.05, 3.63) is 139 Å². The van der Waals surface area contributed by atoms with Gasteiger partial charge in [0.15, 0.2) is 0 Å². The number of ether oxygens (including phenoxy) is 2. The van der Waals surface area contributed by atoms with Crippen molar-refractivity contribution < 1.29 is 32.3 Å². The second kappa shape index (κ2) is 12.8. The molecule has 4 nitrogen and oxygen atoms in total. The normalized spacial score (nSPS) is 13.1. The van der Waals surface area contributed by atoms with Crippen LogP contribution in [0.2, 0.25) is 0 Å². The molecule has 1 radical (unpaired) electrons. The molecule has 0 amide bonds. The SMILES string of the molecule is [2H]C([2H])(c1ccc(-c2[c-]ccc3c2Oc2cccc4c2B3c2ccccc2O4)nc1)C(C)(C)C.[Ir].[c-]1ccccc1-c1ccccn1. The molecule has 8 rings (SSSR count). The molecule has 0 fully saturated rings. The standard InChI is InChI=1S/C28H23BNO2.C11H8N.Ir/c1-28(2,3)16-18-14-15-22(30-17-18)19-8-6-10-21-27(19)32-25-13-7-12-24-26(25)29(21)20-9-4-5-11-23(20)31-24;1-2-6-10(7-3-1)11-8-4-5-9-12-11;/h4-7,9-15,17H,16H2,1-3H3;1-6,8-9H;/q2*-1;/i16D2;;. The van der Waals surface area contributed by atoms with Crippen molar-refractivity contribution >= 4 is 23.1 Å². The first-order valence-corrected chi connectivity index (χ1v) is 14.7. The van der Waals surface area contributed by atoms with Crippen molar-refractivity contribution in [1.29, 1.82) is 0 Å². The second-order valence-corrected chi connectivity index (χ2v) is 11.8. The van der Waals surface area contributed by atoms with Crippen LogP contribution in [0.4, 0.5) is 0 Å². The van der Waals surface area contributed by atoms with Gasteiger partial charge in [-0.1, -0.05) is 74.9 Å². The van der Waals surface area contributed by atoms with Crippen LogP contribution in [0.15, 0.2) is 122 Å². The number of fused-ring (bicyclic) bond motifs is 4. The van der Waals surface area contributed by atoms with E-state index in [1.54, 1.807) is 12.4 Å². The summed E-state index contributed by atoms with van der Waals surface area (Å²) in [5.74, 6) is 3.17. The van der Waals surface area contributed by atoms with Gasteiger partial charge in [-0.25, -0.2) is 0 Å². The molecule has 45 heavy (non-hydrogen) atoms. The van der Waals surface area contributed by atoms with Gasteiger partial charge in [-0.3, -0.25) is 0 Å². The zero-order valence-electron chi connectivity index (χ0n) is 27.2. The van der Waals surface area contributed by atoms with Gasteiger partial charge in [-0.05, 0) is 58.5 Å². The molecule has 0 bridgehead atoms. The first-order valence-electron chi connectivity index (χ1n) is 15.7. The Balaban J connectivity index is 0.000000250. The number of hydrogen-bond acceptors (Lipinski definition) is 4. The summed E-state index contributed by atoms with van der Waals surface area (Å²) in [6.07, 6.45) is 1.92. The fourth-order valence-corrected chi connectivity index (χ4v) is 5.66. The third kappa shape index (κ3) is 6.35. The molecule has 0 saturated carbocycles. The number of hydrogen-bond donors (Lipinski definition) is 0. The summed E-state index contributed by atoms with van der Waals surface area (Å²) >= 11 is 0. The molecule has 0 saturated heterocycles. The largest absolute Gasteiger partial charge is 0.503 e. The summed E-state index contributed by atoms with van der Waals surface area (Å²) in [4.78, 5) is 8.86. The minimum absolute atomic E-state index is 0. The molecule has 0 spiro atoms. The number of para-hydroxylation sites is 1. The Bertz CT molecular complexity index is 1980.